The molecule has 3 heteroatoms. The second-order valence-corrected chi connectivity index (χ2v) is 5.01. The summed E-state index contributed by atoms with van der Waals surface area (Å²) in [7, 11) is 0. The topological polar surface area (TPSA) is 20.2 Å². The molecule has 0 fully saturated rings. The molecule has 0 bridgehead atoms. The minimum Gasteiger partial charge on any atom is -0.384 e. The lowest BCUT2D eigenvalue weighted by atomic mass is 10.00. The molecule has 0 aliphatic carbocycles. The average molecular weight is 281 g/mol. The molecule has 1 unspecified atom stereocenters. The van der Waals surface area contributed by atoms with Crippen molar-refractivity contribution in [2.45, 2.75) is 19.4 Å². The number of aliphatic hydroxyl groups excluding tert-OH is 1. The van der Waals surface area contributed by atoms with Gasteiger partial charge in [-0.3, -0.25) is 0 Å². The van der Waals surface area contributed by atoms with Gasteiger partial charge in [-0.15, -0.1) is 0 Å². The first-order chi connectivity index (χ1) is 8.61. The van der Waals surface area contributed by atoms with E-state index in [1.165, 1.54) is 5.56 Å². The van der Waals surface area contributed by atoms with E-state index in [2.05, 4.69) is 6.92 Å². The molecule has 0 radical (unpaired) electrons. The number of benzene rings is 2. The van der Waals surface area contributed by atoms with Crippen LogP contribution in [0.2, 0.25) is 10.0 Å². The number of aryl methyl sites for hydroxylation is 1. The van der Waals surface area contributed by atoms with Gasteiger partial charge in [0.15, 0.2) is 0 Å². The summed E-state index contributed by atoms with van der Waals surface area (Å²) in [4.78, 5) is 0. The molecule has 2 aromatic carbocycles. The SMILES string of the molecule is CCc1ccc(C(O)c2ccc(Cl)cc2Cl)cc1. The maximum atomic E-state index is 10.3. The number of hydrogen-bond donors (Lipinski definition) is 1. The van der Waals surface area contributed by atoms with Crippen LogP contribution in [0, 0.1) is 0 Å². The van der Waals surface area contributed by atoms with Crippen LogP contribution >= 0.6 is 23.2 Å². The van der Waals surface area contributed by atoms with Gasteiger partial charge in [-0.25, -0.2) is 0 Å². The Balaban J connectivity index is 2.31. The normalized spacial score (nSPS) is 12.4. The first-order valence-corrected chi connectivity index (χ1v) is 6.59. The first-order valence-electron chi connectivity index (χ1n) is 5.83. The average Bonchev–Trinajstić information content (AvgIpc) is 2.38. The second kappa shape index (κ2) is 5.75. The Hall–Kier alpha value is -1.02. The van der Waals surface area contributed by atoms with Crippen molar-refractivity contribution < 1.29 is 5.11 Å². The standard InChI is InChI=1S/C15H14Cl2O/c1-2-10-3-5-11(6-4-10)15(18)13-8-7-12(16)9-14(13)17/h3-9,15,18H,2H2,1H3. The number of hydrogen-bond acceptors (Lipinski definition) is 1. The van der Waals surface area contributed by atoms with Crippen molar-refractivity contribution in [1.29, 1.82) is 0 Å². The van der Waals surface area contributed by atoms with E-state index in [4.69, 9.17) is 23.2 Å². The van der Waals surface area contributed by atoms with Crippen LogP contribution in [-0.2, 0) is 6.42 Å². The van der Waals surface area contributed by atoms with Gasteiger partial charge in [-0.2, -0.15) is 0 Å². The lowest BCUT2D eigenvalue weighted by Crippen LogP contribution is -2.00. The fourth-order valence-electron chi connectivity index (χ4n) is 1.84. The van der Waals surface area contributed by atoms with E-state index in [9.17, 15) is 5.11 Å². The molecule has 0 spiro atoms. The zero-order valence-corrected chi connectivity index (χ0v) is 11.5. The van der Waals surface area contributed by atoms with E-state index in [-0.39, 0.29) is 0 Å². The van der Waals surface area contributed by atoms with Crippen LogP contribution < -0.4 is 0 Å². The van der Waals surface area contributed by atoms with Crippen LogP contribution in [-0.4, -0.2) is 5.11 Å². The van der Waals surface area contributed by atoms with Crippen molar-refractivity contribution in [2.75, 3.05) is 0 Å². The van der Waals surface area contributed by atoms with Gasteiger partial charge in [0.1, 0.15) is 6.10 Å². The van der Waals surface area contributed by atoms with Gasteiger partial charge in [0.05, 0.1) is 0 Å². The van der Waals surface area contributed by atoms with Gasteiger partial charge < -0.3 is 5.11 Å². The van der Waals surface area contributed by atoms with Gasteiger partial charge in [0.2, 0.25) is 0 Å². The van der Waals surface area contributed by atoms with Crippen molar-refractivity contribution in [3.05, 3.63) is 69.2 Å². The molecule has 2 rings (SSSR count). The highest BCUT2D eigenvalue weighted by Crippen LogP contribution is 2.30. The monoisotopic (exact) mass is 280 g/mol. The third kappa shape index (κ3) is 2.86. The van der Waals surface area contributed by atoms with Crippen LogP contribution in [0.25, 0.3) is 0 Å². The Morgan fingerprint density at radius 3 is 2.28 bits per heavy atom. The summed E-state index contributed by atoms with van der Waals surface area (Å²) in [6, 6.07) is 13.0. The summed E-state index contributed by atoms with van der Waals surface area (Å²) in [5.74, 6) is 0. The minimum absolute atomic E-state index is 0.481. The Labute approximate surface area is 117 Å². The van der Waals surface area contributed by atoms with Gasteiger partial charge in [0.25, 0.3) is 0 Å². The maximum Gasteiger partial charge on any atom is 0.105 e. The Morgan fingerprint density at radius 2 is 1.72 bits per heavy atom. The summed E-state index contributed by atoms with van der Waals surface area (Å²) in [5, 5.41) is 11.3. The molecule has 1 N–H and O–H groups in total. The van der Waals surface area contributed by atoms with Crippen LogP contribution in [0.1, 0.15) is 29.7 Å². The number of halogens is 2. The molecule has 94 valence electrons. The quantitative estimate of drug-likeness (QED) is 0.869. The van der Waals surface area contributed by atoms with Crippen molar-refractivity contribution in [1.82, 2.24) is 0 Å². The van der Waals surface area contributed by atoms with E-state index in [0.29, 0.717) is 15.6 Å². The van der Waals surface area contributed by atoms with Gasteiger partial charge in [0, 0.05) is 15.6 Å². The molecule has 0 aliphatic heterocycles. The van der Waals surface area contributed by atoms with Crippen molar-refractivity contribution in [3.8, 4) is 0 Å². The van der Waals surface area contributed by atoms with Crippen molar-refractivity contribution >= 4 is 23.2 Å². The molecule has 18 heavy (non-hydrogen) atoms. The molecular formula is C15H14Cl2O. The van der Waals surface area contributed by atoms with Crippen LogP contribution in [0.5, 0.6) is 0 Å². The van der Waals surface area contributed by atoms with Crippen LogP contribution in [0.3, 0.4) is 0 Å². The van der Waals surface area contributed by atoms with E-state index >= 15 is 0 Å². The first kappa shape index (κ1) is 13.4. The molecule has 0 heterocycles. The third-order valence-corrected chi connectivity index (χ3v) is 3.52. The van der Waals surface area contributed by atoms with E-state index in [0.717, 1.165) is 12.0 Å². The Morgan fingerprint density at radius 1 is 1.06 bits per heavy atom. The highest BCUT2D eigenvalue weighted by molar-refractivity contribution is 6.35. The van der Waals surface area contributed by atoms with E-state index < -0.39 is 6.10 Å². The highest BCUT2D eigenvalue weighted by atomic mass is 35.5. The summed E-state index contributed by atoms with van der Waals surface area (Å²) in [6.45, 7) is 2.10. The molecule has 0 amide bonds. The third-order valence-electron chi connectivity index (χ3n) is 2.96. The Bertz CT molecular complexity index is 535. The van der Waals surface area contributed by atoms with Crippen LogP contribution in [0.4, 0.5) is 0 Å². The second-order valence-electron chi connectivity index (χ2n) is 4.16. The predicted octanol–water partition coefficient (Wildman–Crippen LogP) is 4.64. The Kier molecular flexibility index (Phi) is 4.28. The van der Waals surface area contributed by atoms with Gasteiger partial charge in [-0.05, 0) is 29.7 Å². The molecular weight excluding hydrogens is 267 g/mol. The molecule has 1 atom stereocenters. The maximum absolute atomic E-state index is 10.3. The smallest absolute Gasteiger partial charge is 0.105 e. The van der Waals surface area contributed by atoms with Gasteiger partial charge >= 0.3 is 0 Å². The summed E-state index contributed by atoms with van der Waals surface area (Å²) < 4.78 is 0. The molecule has 0 saturated heterocycles. The number of aliphatic hydroxyl groups is 1. The summed E-state index contributed by atoms with van der Waals surface area (Å²) >= 11 is 11.9. The van der Waals surface area contributed by atoms with Crippen LogP contribution in [0.15, 0.2) is 42.5 Å². The zero-order chi connectivity index (χ0) is 13.1. The van der Waals surface area contributed by atoms with Crippen molar-refractivity contribution in [2.24, 2.45) is 0 Å². The van der Waals surface area contributed by atoms with Crippen molar-refractivity contribution in [3.63, 3.8) is 0 Å². The summed E-state index contributed by atoms with van der Waals surface area (Å²) in [5.41, 5.74) is 2.75. The largest absolute Gasteiger partial charge is 0.384 e. The molecule has 0 aromatic heterocycles. The molecule has 0 saturated carbocycles. The number of rotatable bonds is 3. The highest BCUT2D eigenvalue weighted by Gasteiger charge is 2.13. The minimum atomic E-state index is -0.722. The lowest BCUT2D eigenvalue weighted by Gasteiger charge is -2.13. The fourth-order valence-corrected chi connectivity index (χ4v) is 2.35. The zero-order valence-electron chi connectivity index (χ0n) is 10.0. The molecule has 0 aliphatic rings. The lowest BCUT2D eigenvalue weighted by molar-refractivity contribution is 0.220. The summed E-state index contributed by atoms with van der Waals surface area (Å²) in [6.07, 6.45) is 0.263. The van der Waals surface area contributed by atoms with E-state index in [1.54, 1.807) is 18.2 Å². The fraction of sp³-hybridized carbons (Fsp3) is 0.200. The van der Waals surface area contributed by atoms with Gasteiger partial charge in [-0.1, -0.05) is 60.5 Å². The molecule has 1 nitrogen and oxygen atoms in total. The van der Waals surface area contributed by atoms with E-state index in [1.807, 2.05) is 24.3 Å². The predicted molar refractivity (Wildman–Crippen MR) is 76.3 cm³/mol. The molecule has 2 aromatic rings.